The van der Waals surface area contributed by atoms with Crippen LogP contribution in [0.3, 0.4) is 0 Å². The largest absolute Gasteiger partial charge is 0.464 e. The molecule has 1 N–H and O–H groups in total. The van der Waals surface area contributed by atoms with Crippen LogP contribution >= 0.6 is 0 Å². The molecule has 68 valence electrons. The van der Waals surface area contributed by atoms with E-state index in [1.807, 2.05) is 0 Å². The van der Waals surface area contributed by atoms with E-state index < -0.39 is 0 Å². The lowest BCUT2D eigenvalue weighted by molar-refractivity contribution is -0.153. The Morgan fingerprint density at radius 1 is 1.33 bits per heavy atom. The highest BCUT2D eigenvalue weighted by atomic mass is 16.5. The summed E-state index contributed by atoms with van der Waals surface area (Å²) in [5.74, 6) is 0.0324. The van der Waals surface area contributed by atoms with Gasteiger partial charge in [0.2, 0.25) is 0 Å². The Hall–Kier alpha value is -0.570. The Morgan fingerprint density at radius 3 is 2.83 bits per heavy atom. The molecule has 1 saturated carbocycles. The summed E-state index contributed by atoms with van der Waals surface area (Å²) < 4.78 is 5.14. The summed E-state index contributed by atoms with van der Waals surface area (Å²) in [6.07, 6.45) is 4.38. The Balaban J connectivity index is 2.13. The fraction of sp³-hybridized carbons (Fsp3) is 0.889. The minimum absolute atomic E-state index is 0.0324. The zero-order valence-corrected chi connectivity index (χ0v) is 7.27. The first-order valence-corrected chi connectivity index (χ1v) is 4.71. The third-order valence-corrected chi connectivity index (χ3v) is 2.97. The first-order chi connectivity index (χ1) is 5.83. The standard InChI is InChI=1S/C9H15NO2/c11-8-9(3-1-2-4-9)7-10-5-6-12-8/h10H,1-7H2. The van der Waals surface area contributed by atoms with E-state index in [-0.39, 0.29) is 11.4 Å². The van der Waals surface area contributed by atoms with Crippen molar-refractivity contribution >= 4 is 5.97 Å². The summed E-state index contributed by atoms with van der Waals surface area (Å²) in [5.41, 5.74) is -0.156. The van der Waals surface area contributed by atoms with Gasteiger partial charge in [0.1, 0.15) is 6.61 Å². The van der Waals surface area contributed by atoms with Crippen LogP contribution < -0.4 is 5.32 Å². The van der Waals surface area contributed by atoms with Crippen molar-refractivity contribution in [2.45, 2.75) is 25.7 Å². The van der Waals surface area contributed by atoms with Gasteiger partial charge in [0, 0.05) is 13.1 Å². The van der Waals surface area contributed by atoms with Crippen LogP contribution in [0.5, 0.6) is 0 Å². The molecule has 1 saturated heterocycles. The Kier molecular flexibility index (Phi) is 2.05. The Bertz CT molecular complexity index is 185. The summed E-state index contributed by atoms with van der Waals surface area (Å²) in [5, 5.41) is 3.26. The van der Waals surface area contributed by atoms with E-state index in [0.717, 1.165) is 25.9 Å². The third-order valence-electron chi connectivity index (χ3n) is 2.97. The van der Waals surface area contributed by atoms with Gasteiger partial charge in [-0.05, 0) is 12.8 Å². The van der Waals surface area contributed by atoms with Crippen LogP contribution in [0.25, 0.3) is 0 Å². The van der Waals surface area contributed by atoms with Gasteiger partial charge in [0.15, 0.2) is 0 Å². The second-order valence-electron chi connectivity index (χ2n) is 3.80. The molecule has 3 nitrogen and oxygen atoms in total. The lowest BCUT2D eigenvalue weighted by Crippen LogP contribution is -2.36. The molecule has 12 heavy (non-hydrogen) atoms. The van der Waals surface area contributed by atoms with E-state index >= 15 is 0 Å². The number of carbonyl (C=O) groups is 1. The normalized spacial score (nSPS) is 28.5. The Labute approximate surface area is 72.5 Å². The monoisotopic (exact) mass is 169 g/mol. The number of cyclic esters (lactones) is 1. The highest BCUT2D eigenvalue weighted by Gasteiger charge is 2.43. The van der Waals surface area contributed by atoms with Gasteiger partial charge >= 0.3 is 5.97 Å². The molecule has 0 aromatic heterocycles. The summed E-state index contributed by atoms with van der Waals surface area (Å²) in [6.45, 7) is 2.18. The summed E-state index contributed by atoms with van der Waals surface area (Å²) in [7, 11) is 0. The minimum Gasteiger partial charge on any atom is -0.464 e. The van der Waals surface area contributed by atoms with Gasteiger partial charge < -0.3 is 10.1 Å². The number of hydrogen-bond acceptors (Lipinski definition) is 3. The maximum absolute atomic E-state index is 11.6. The van der Waals surface area contributed by atoms with Gasteiger partial charge in [-0.2, -0.15) is 0 Å². The molecular formula is C9H15NO2. The molecule has 0 unspecified atom stereocenters. The van der Waals surface area contributed by atoms with Crippen molar-refractivity contribution < 1.29 is 9.53 Å². The zero-order valence-electron chi connectivity index (χ0n) is 7.27. The molecule has 1 aliphatic heterocycles. The maximum Gasteiger partial charge on any atom is 0.313 e. The van der Waals surface area contributed by atoms with Crippen LogP contribution in [0, 0.1) is 5.41 Å². The quantitative estimate of drug-likeness (QED) is 0.542. The van der Waals surface area contributed by atoms with Crippen molar-refractivity contribution in [3.63, 3.8) is 0 Å². The van der Waals surface area contributed by atoms with Gasteiger partial charge in [0.05, 0.1) is 5.41 Å². The van der Waals surface area contributed by atoms with E-state index in [2.05, 4.69) is 5.32 Å². The zero-order chi connectivity index (χ0) is 8.44. The lowest BCUT2D eigenvalue weighted by atomic mass is 9.86. The number of esters is 1. The van der Waals surface area contributed by atoms with Gasteiger partial charge in [-0.1, -0.05) is 12.8 Å². The SMILES string of the molecule is O=C1OCCNCC12CCCC2. The van der Waals surface area contributed by atoms with Crippen molar-refractivity contribution in [3.8, 4) is 0 Å². The smallest absolute Gasteiger partial charge is 0.313 e. The van der Waals surface area contributed by atoms with Crippen LogP contribution in [0.2, 0.25) is 0 Å². The van der Waals surface area contributed by atoms with Crippen molar-refractivity contribution in [1.82, 2.24) is 5.32 Å². The first kappa shape index (κ1) is 8.05. The third kappa shape index (κ3) is 1.22. The Morgan fingerprint density at radius 2 is 2.08 bits per heavy atom. The van der Waals surface area contributed by atoms with Gasteiger partial charge in [0.25, 0.3) is 0 Å². The van der Waals surface area contributed by atoms with Crippen LogP contribution in [0.4, 0.5) is 0 Å². The second kappa shape index (κ2) is 3.05. The van der Waals surface area contributed by atoms with E-state index in [0.29, 0.717) is 6.61 Å². The number of ether oxygens (including phenoxy) is 1. The molecule has 1 spiro atoms. The number of carbonyl (C=O) groups excluding carboxylic acids is 1. The van der Waals surface area contributed by atoms with E-state index in [4.69, 9.17) is 4.74 Å². The maximum atomic E-state index is 11.6. The molecule has 0 amide bonds. The van der Waals surface area contributed by atoms with Gasteiger partial charge in [-0.15, -0.1) is 0 Å². The number of hydrogen-bond donors (Lipinski definition) is 1. The molecule has 0 radical (unpaired) electrons. The molecule has 0 bridgehead atoms. The van der Waals surface area contributed by atoms with Crippen LogP contribution in [0.15, 0.2) is 0 Å². The number of nitrogens with one attached hydrogen (secondary N) is 1. The van der Waals surface area contributed by atoms with Crippen LogP contribution in [-0.2, 0) is 9.53 Å². The molecule has 0 aromatic rings. The van der Waals surface area contributed by atoms with Crippen molar-refractivity contribution in [2.75, 3.05) is 19.7 Å². The van der Waals surface area contributed by atoms with Gasteiger partial charge in [-0.25, -0.2) is 0 Å². The molecule has 3 heteroatoms. The average molecular weight is 169 g/mol. The van der Waals surface area contributed by atoms with Gasteiger partial charge in [-0.3, -0.25) is 4.79 Å². The summed E-state index contributed by atoms with van der Waals surface area (Å²) in [6, 6.07) is 0. The van der Waals surface area contributed by atoms with E-state index in [1.54, 1.807) is 0 Å². The molecule has 0 aromatic carbocycles. The fourth-order valence-electron chi connectivity index (χ4n) is 2.20. The van der Waals surface area contributed by atoms with Crippen LogP contribution in [0.1, 0.15) is 25.7 Å². The molecular weight excluding hydrogens is 154 g/mol. The predicted octanol–water partition coefficient (Wildman–Crippen LogP) is 0.693. The minimum atomic E-state index is -0.156. The van der Waals surface area contributed by atoms with Crippen molar-refractivity contribution in [1.29, 1.82) is 0 Å². The topological polar surface area (TPSA) is 38.3 Å². The predicted molar refractivity (Wildman–Crippen MR) is 44.7 cm³/mol. The number of rotatable bonds is 0. The molecule has 2 rings (SSSR count). The molecule has 0 atom stereocenters. The molecule has 1 heterocycles. The second-order valence-corrected chi connectivity index (χ2v) is 3.80. The highest BCUT2D eigenvalue weighted by Crippen LogP contribution is 2.39. The summed E-state index contributed by atoms with van der Waals surface area (Å²) in [4.78, 5) is 11.6. The van der Waals surface area contributed by atoms with Crippen molar-refractivity contribution in [2.24, 2.45) is 5.41 Å². The average Bonchev–Trinajstić information content (AvgIpc) is 2.45. The summed E-state index contributed by atoms with van der Waals surface area (Å²) >= 11 is 0. The molecule has 2 fully saturated rings. The first-order valence-electron chi connectivity index (χ1n) is 4.71. The van der Waals surface area contributed by atoms with E-state index in [9.17, 15) is 4.79 Å². The molecule has 2 aliphatic rings. The highest BCUT2D eigenvalue weighted by molar-refractivity contribution is 5.77. The lowest BCUT2D eigenvalue weighted by Gasteiger charge is -2.23. The van der Waals surface area contributed by atoms with Crippen molar-refractivity contribution in [3.05, 3.63) is 0 Å². The van der Waals surface area contributed by atoms with Crippen LogP contribution in [-0.4, -0.2) is 25.7 Å². The van der Waals surface area contributed by atoms with E-state index in [1.165, 1.54) is 12.8 Å². The fourth-order valence-corrected chi connectivity index (χ4v) is 2.20. The molecule has 1 aliphatic carbocycles.